The van der Waals surface area contributed by atoms with Crippen LogP contribution in [0, 0.1) is 10.1 Å². The molecule has 0 bridgehead atoms. The van der Waals surface area contributed by atoms with Crippen molar-refractivity contribution in [2.75, 3.05) is 39.6 Å². The van der Waals surface area contributed by atoms with Crippen molar-refractivity contribution in [2.45, 2.75) is 6.04 Å². The van der Waals surface area contributed by atoms with Crippen LogP contribution in [0.4, 0.5) is 5.69 Å². The molecule has 9 heteroatoms. The van der Waals surface area contributed by atoms with Gasteiger partial charge in [0.05, 0.1) is 24.2 Å². The summed E-state index contributed by atoms with van der Waals surface area (Å²) in [6.07, 6.45) is 0. The molecule has 2 aromatic rings. The largest absolute Gasteiger partial charge is 0.454 e. The summed E-state index contributed by atoms with van der Waals surface area (Å²) in [4.78, 5) is 25.1. The van der Waals surface area contributed by atoms with Gasteiger partial charge in [0.1, 0.15) is 0 Å². The van der Waals surface area contributed by atoms with Crippen LogP contribution < -0.4 is 14.8 Å². The summed E-state index contributed by atoms with van der Waals surface area (Å²) in [5, 5.41) is 13.7. The predicted octanol–water partition coefficient (Wildman–Crippen LogP) is 2.13. The van der Waals surface area contributed by atoms with Gasteiger partial charge in [-0.1, -0.05) is 6.07 Å². The van der Waals surface area contributed by atoms with Crippen LogP contribution in [-0.4, -0.2) is 55.4 Å². The molecule has 2 heterocycles. The zero-order valence-electron chi connectivity index (χ0n) is 15.7. The fourth-order valence-corrected chi connectivity index (χ4v) is 3.49. The molecule has 1 N–H and O–H groups in total. The number of nitro groups is 1. The molecule has 29 heavy (non-hydrogen) atoms. The van der Waals surface area contributed by atoms with Crippen LogP contribution in [0.15, 0.2) is 42.5 Å². The number of nitro benzene ring substituents is 1. The van der Waals surface area contributed by atoms with E-state index in [1.165, 1.54) is 24.3 Å². The number of hydrogen-bond acceptors (Lipinski definition) is 7. The summed E-state index contributed by atoms with van der Waals surface area (Å²) in [5.74, 6) is 1.13. The molecule has 0 spiro atoms. The van der Waals surface area contributed by atoms with Gasteiger partial charge in [0, 0.05) is 37.3 Å². The number of fused-ring (bicyclic) bond motifs is 1. The zero-order chi connectivity index (χ0) is 20.2. The van der Waals surface area contributed by atoms with Gasteiger partial charge >= 0.3 is 0 Å². The lowest BCUT2D eigenvalue weighted by Crippen LogP contribution is -2.43. The van der Waals surface area contributed by atoms with Gasteiger partial charge in [0.25, 0.3) is 11.6 Å². The fraction of sp³-hybridized carbons (Fsp3) is 0.350. The maximum atomic E-state index is 12.6. The molecule has 1 atom stereocenters. The van der Waals surface area contributed by atoms with Crippen molar-refractivity contribution in [3.8, 4) is 11.5 Å². The first-order chi connectivity index (χ1) is 14.1. The van der Waals surface area contributed by atoms with Crippen molar-refractivity contribution in [3.05, 3.63) is 63.7 Å². The van der Waals surface area contributed by atoms with E-state index in [2.05, 4.69) is 10.2 Å². The van der Waals surface area contributed by atoms with Crippen molar-refractivity contribution >= 4 is 11.6 Å². The van der Waals surface area contributed by atoms with E-state index in [0.29, 0.717) is 36.8 Å². The van der Waals surface area contributed by atoms with Gasteiger partial charge in [-0.25, -0.2) is 0 Å². The highest BCUT2D eigenvalue weighted by Gasteiger charge is 2.25. The number of morpholine rings is 1. The Morgan fingerprint density at radius 1 is 1.10 bits per heavy atom. The highest BCUT2D eigenvalue weighted by Crippen LogP contribution is 2.35. The Balaban J connectivity index is 1.49. The maximum absolute atomic E-state index is 12.6. The molecule has 1 amide bonds. The van der Waals surface area contributed by atoms with E-state index in [1.807, 2.05) is 18.2 Å². The first kappa shape index (κ1) is 19.2. The SMILES string of the molecule is O=C(NCC(c1ccc2c(c1)OCO2)N1CCOCC1)c1ccc([N+](=O)[O-])cc1. The number of hydrogen-bond donors (Lipinski definition) is 1. The van der Waals surface area contributed by atoms with Crippen LogP contribution in [0.25, 0.3) is 0 Å². The normalized spacial score (nSPS) is 17.0. The Morgan fingerprint density at radius 3 is 2.55 bits per heavy atom. The Bertz CT molecular complexity index is 896. The van der Waals surface area contributed by atoms with Crippen LogP contribution in [0.2, 0.25) is 0 Å². The second-order valence-corrected chi connectivity index (χ2v) is 6.79. The minimum absolute atomic E-state index is 0.0481. The Morgan fingerprint density at radius 2 is 1.83 bits per heavy atom. The van der Waals surface area contributed by atoms with Crippen LogP contribution >= 0.6 is 0 Å². The smallest absolute Gasteiger partial charge is 0.269 e. The highest BCUT2D eigenvalue weighted by molar-refractivity contribution is 5.94. The Hall–Kier alpha value is -3.17. The summed E-state index contributed by atoms with van der Waals surface area (Å²) in [5.41, 5.74) is 1.34. The van der Waals surface area contributed by atoms with Crippen molar-refractivity contribution in [1.29, 1.82) is 0 Å². The van der Waals surface area contributed by atoms with E-state index in [-0.39, 0.29) is 24.4 Å². The third-order valence-electron chi connectivity index (χ3n) is 5.06. The van der Waals surface area contributed by atoms with Crippen LogP contribution in [0.5, 0.6) is 11.5 Å². The molecule has 9 nitrogen and oxygen atoms in total. The summed E-state index contributed by atoms with van der Waals surface area (Å²) in [6, 6.07) is 11.3. The van der Waals surface area contributed by atoms with Crippen molar-refractivity contribution in [2.24, 2.45) is 0 Å². The minimum atomic E-state index is -0.490. The van der Waals surface area contributed by atoms with Gasteiger partial charge in [0.2, 0.25) is 6.79 Å². The summed E-state index contributed by atoms with van der Waals surface area (Å²) in [7, 11) is 0. The van der Waals surface area contributed by atoms with Gasteiger partial charge in [-0.15, -0.1) is 0 Å². The molecule has 0 saturated carbocycles. The van der Waals surface area contributed by atoms with Crippen LogP contribution in [0.3, 0.4) is 0 Å². The third kappa shape index (κ3) is 4.30. The van der Waals surface area contributed by atoms with E-state index in [9.17, 15) is 14.9 Å². The van der Waals surface area contributed by atoms with Crippen molar-refractivity contribution in [3.63, 3.8) is 0 Å². The molecule has 0 aromatic heterocycles. The van der Waals surface area contributed by atoms with Gasteiger partial charge < -0.3 is 19.5 Å². The maximum Gasteiger partial charge on any atom is 0.269 e. The number of carbonyl (C=O) groups excluding carboxylic acids is 1. The first-order valence-corrected chi connectivity index (χ1v) is 9.36. The topological polar surface area (TPSA) is 103 Å². The number of non-ortho nitro benzene ring substituents is 1. The molecular formula is C20H21N3O6. The molecule has 2 aromatic carbocycles. The van der Waals surface area contributed by atoms with E-state index in [0.717, 1.165) is 18.7 Å². The van der Waals surface area contributed by atoms with Crippen molar-refractivity contribution in [1.82, 2.24) is 10.2 Å². The standard InChI is InChI=1S/C20H21N3O6/c24-20(14-1-4-16(5-2-14)23(25)26)21-12-17(22-7-9-27-10-8-22)15-3-6-18-19(11-15)29-13-28-18/h1-6,11,17H,7-10,12-13H2,(H,21,24). The second kappa shape index (κ2) is 8.46. The van der Waals surface area contributed by atoms with E-state index < -0.39 is 4.92 Å². The lowest BCUT2D eigenvalue weighted by Gasteiger charge is -2.35. The fourth-order valence-electron chi connectivity index (χ4n) is 3.49. The molecule has 2 aliphatic heterocycles. The van der Waals surface area contributed by atoms with Gasteiger partial charge in [-0.3, -0.25) is 19.8 Å². The minimum Gasteiger partial charge on any atom is -0.454 e. The zero-order valence-corrected chi connectivity index (χ0v) is 15.7. The number of carbonyl (C=O) groups is 1. The molecule has 4 rings (SSSR count). The van der Waals surface area contributed by atoms with E-state index in [4.69, 9.17) is 14.2 Å². The Labute approximate surface area is 167 Å². The van der Waals surface area contributed by atoms with Crippen LogP contribution in [-0.2, 0) is 4.74 Å². The molecule has 1 unspecified atom stereocenters. The summed E-state index contributed by atoms with van der Waals surface area (Å²) in [6.45, 7) is 3.38. The molecule has 1 saturated heterocycles. The predicted molar refractivity (Wildman–Crippen MR) is 103 cm³/mol. The van der Waals surface area contributed by atoms with E-state index in [1.54, 1.807) is 0 Å². The molecule has 0 aliphatic carbocycles. The van der Waals surface area contributed by atoms with Gasteiger partial charge in [-0.05, 0) is 29.8 Å². The van der Waals surface area contributed by atoms with Crippen molar-refractivity contribution < 1.29 is 23.9 Å². The lowest BCUT2D eigenvalue weighted by atomic mass is 10.0. The second-order valence-electron chi connectivity index (χ2n) is 6.79. The lowest BCUT2D eigenvalue weighted by molar-refractivity contribution is -0.384. The summed E-state index contributed by atoms with van der Waals surface area (Å²) < 4.78 is 16.3. The molecule has 152 valence electrons. The summed E-state index contributed by atoms with van der Waals surface area (Å²) >= 11 is 0. The highest BCUT2D eigenvalue weighted by atomic mass is 16.7. The number of rotatable bonds is 6. The average molecular weight is 399 g/mol. The van der Waals surface area contributed by atoms with Gasteiger partial charge in [0.15, 0.2) is 11.5 Å². The van der Waals surface area contributed by atoms with Gasteiger partial charge in [-0.2, -0.15) is 0 Å². The van der Waals surface area contributed by atoms with Crippen LogP contribution in [0.1, 0.15) is 22.0 Å². The first-order valence-electron chi connectivity index (χ1n) is 9.36. The average Bonchev–Trinajstić information content (AvgIpc) is 3.22. The Kier molecular flexibility index (Phi) is 5.59. The van der Waals surface area contributed by atoms with E-state index >= 15 is 0 Å². The number of benzene rings is 2. The molecule has 2 aliphatic rings. The number of amides is 1. The molecule has 1 fully saturated rings. The molecular weight excluding hydrogens is 378 g/mol. The monoisotopic (exact) mass is 399 g/mol. The third-order valence-corrected chi connectivity index (χ3v) is 5.06. The number of nitrogens with one attached hydrogen (secondary N) is 1. The number of nitrogens with zero attached hydrogens (tertiary/aromatic N) is 2. The number of ether oxygens (including phenoxy) is 3. The molecule has 0 radical (unpaired) electrons. The quantitative estimate of drug-likeness (QED) is 0.586.